The number of halogens is 4. The Kier molecular flexibility index (Phi) is 11.6. The van der Waals surface area contributed by atoms with Crippen LogP contribution in [0.3, 0.4) is 0 Å². The van der Waals surface area contributed by atoms with Gasteiger partial charge in [-0.2, -0.15) is 13.2 Å². The molecule has 0 unspecified atom stereocenters. The Morgan fingerprint density at radius 1 is 1.15 bits per heavy atom. The van der Waals surface area contributed by atoms with Gasteiger partial charge in [0.2, 0.25) is 0 Å². The van der Waals surface area contributed by atoms with E-state index in [0.29, 0.717) is 12.0 Å². The third-order valence-corrected chi connectivity index (χ3v) is 7.09. The van der Waals surface area contributed by atoms with Crippen molar-refractivity contribution < 1.29 is 32.4 Å². The van der Waals surface area contributed by atoms with Crippen molar-refractivity contribution in [3.05, 3.63) is 87.1 Å². The number of carbonyl (C=O) groups excluding carboxylic acids is 1. The predicted molar refractivity (Wildman–Crippen MR) is 148 cm³/mol. The molecular formula is C29H36ClF3N2O5. The Balaban J connectivity index is 2.39. The van der Waals surface area contributed by atoms with Gasteiger partial charge in [-0.25, -0.2) is 9.78 Å². The summed E-state index contributed by atoms with van der Waals surface area (Å²) in [4.78, 5) is 25.1. The first-order valence-electron chi connectivity index (χ1n) is 12.8. The number of aromatic nitrogens is 1. The summed E-state index contributed by atoms with van der Waals surface area (Å²) in [6, 6.07) is 7.72. The van der Waals surface area contributed by atoms with Gasteiger partial charge in [-0.3, -0.25) is 0 Å². The van der Waals surface area contributed by atoms with E-state index >= 15 is 0 Å². The number of esters is 1. The number of carbonyl (C=O) groups is 1. The van der Waals surface area contributed by atoms with Gasteiger partial charge >= 0.3 is 18.0 Å². The average molecular weight is 585 g/mol. The van der Waals surface area contributed by atoms with Gasteiger partial charge in [-0.1, -0.05) is 53.6 Å². The Morgan fingerprint density at radius 3 is 2.33 bits per heavy atom. The molecule has 1 aromatic heterocycles. The van der Waals surface area contributed by atoms with Crippen LogP contribution in [0.2, 0.25) is 0 Å². The van der Waals surface area contributed by atoms with E-state index in [0.717, 1.165) is 37.7 Å². The highest BCUT2D eigenvalue weighted by Gasteiger charge is 2.64. The molecule has 3 atom stereocenters. The quantitative estimate of drug-likeness (QED) is 0.0799. The summed E-state index contributed by atoms with van der Waals surface area (Å²) >= 11 is 6.87. The molecule has 0 aliphatic rings. The predicted octanol–water partition coefficient (Wildman–Crippen LogP) is 7.95. The maximum atomic E-state index is 14.5. The molecule has 2 aromatic rings. The van der Waals surface area contributed by atoms with Crippen LogP contribution in [-0.4, -0.2) is 40.1 Å². The molecule has 1 aromatic carbocycles. The third-order valence-electron chi connectivity index (χ3n) is 6.66. The van der Waals surface area contributed by atoms with Gasteiger partial charge in [0, 0.05) is 30.7 Å². The van der Waals surface area contributed by atoms with Crippen LogP contribution >= 0.6 is 11.6 Å². The smallest absolute Gasteiger partial charge is 0.432 e. The normalized spacial score (nSPS) is 16.0. The van der Waals surface area contributed by atoms with E-state index in [1.165, 1.54) is 36.0 Å². The number of allylic oxidation sites excluding steroid dienone is 4. The molecule has 0 aliphatic carbocycles. The zero-order valence-corrected chi connectivity index (χ0v) is 24.1. The molecule has 2 rings (SSSR count). The van der Waals surface area contributed by atoms with Gasteiger partial charge in [0.15, 0.2) is 0 Å². The van der Waals surface area contributed by atoms with Gasteiger partial charge in [-0.05, 0) is 58.3 Å². The van der Waals surface area contributed by atoms with Crippen LogP contribution in [0.4, 0.5) is 19.0 Å². The summed E-state index contributed by atoms with van der Waals surface area (Å²) < 4.78 is 53.8. The average Bonchev–Trinajstić information content (AvgIpc) is 3.33. The van der Waals surface area contributed by atoms with Gasteiger partial charge in [-0.15, -0.1) is 11.6 Å². The first-order chi connectivity index (χ1) is 18.6. The second-order valence-electron chi connectivity index (χ2n) is 10.2. The number of nitrogens with zero attached hydrogens (tertiary/aromatic N) is 1. The zero-order valence-electron chi connectivity index (χ0n) is 23.3. The lowest BCUT2D eigenvalue weighted by Gasteiger charge is -2.37. The minimum Gasteiger partial charge on any atom is -0.457 e. The highest BCUT2D eigenvalue weighted by molar-refractivity contribution is 6.24. The monoisotopic (exact) mass is 584 g/mol. The number of aromatic amines is 1. The molecule has 1 N–H and O–H groups in total. The maximum absolute atomic E-state index is 14.5. The van der Waals surface area contributed by atoms with Crippen LogP contribution in [0.5, 0.6) is 0 Å². The molecule has 0 fully saturated rings. The first-order valence-corrected chi connectivity index (χ1v) is 13.2. The van der Waals surface area contributed by atoms with Crippen LogP contribution < -0.4 is 0 Å². The fourth-order valence-electron chi connectivity index (χ4n) is 4.29. The largest absolute Gasteiger partial charge is 0.457 e. The molecule has 0 saturated heterocycles. The standard InChI is InChI=1S/C29H36ClF3N2O5/c1-20(2)11-9-12-21(3)13-10-16-27(4,30)24(17-22-18-25(34-19-22)35(37)38)40-26(36)28(39-5,29(31,32)33)23-14-7-6-8-15-23/h6-8,11,13-15,18-19,24,34H,9-10,12,16-17H2,1-5H3/b21-13+/t24-,27-,28+/m1/s1. The first kappa shape index (κ1) is 33.1. The molecule has 220 valence electrons. The topological polar surface area (TPSA) is 94.5 Å². The van der Waals surface area contributed by atoms with E-state index in [-0.39, 0.29) is 18.7 Å². The fourth-order valence-corrected chi connectivity index (χ4v) is 4.52. The summed E-state index contributed by atoms with van der Waals surface area (Å²) in [5.74, 6) is -1.99. The number of nitrogens with one attached hydrogen (secondary N) is 1. The van der Waals surface area contributed by atoms with Crippen LogP contribution in [0.25, 0.3) is 0 Å². The minimum absolute atomic E-state index is 0.161. The molecule has 40 heavy (non-hydrogen) atoms. The molecule has 0 amide bonds. The number of nitro groups is 1. The van der Waals surface area contributed by atoms with Gasteiger partial charge in [0.05, 0.1) is 11.1 Å². The maximum Gasteiger partial charge on any atom is 0.432 e. The van der Waals surface area contributed by atoms with Gasteiger partial charge in [0.25, 0.3) is 5.60 Å². The Labute approximate surface area is 237 Å². The number of hydrogen-bond donors (Lipinski definition) is 1. The third kappa shape index (κ3) is 8.44. The highest BCUT2D eigenvalue weighted by Crippen LogP contribution is 2.44. The van der Waals surface area contributed by atoms with Crippen LogP contribution in [0, 0.1) is 10.1 Å². The lowest BCUT2D eigenvalue weighted by molar-refractivity contribution is -0.389. The number of benzene rings is 1. The van der Waals surface area contributed by atoms with E-state index in [1.54, 1.807) is 6.92 Å². The summed E-state index contributed by atoms with van der Waals surface area (Å²) in [6.45, 7) is 7.60. The van der Waals surface area contributed by atoms with E-state index in [2.05, 4.69) is 11.1 Å². The Bertz CT molecular complexity index is 1200. The molecule has 1 heterocycles. The number of hydrogen-bond acceptors (Lipinski definition) is 5. The van der Waals surface area contributed by atoms with Crippen LogP contribution in [0.1, 0.15) is 64.5 Å². The van der Waals surface area contributed by atoms with Crippen molar-refractivity contribution in [2.45, 2.75) is 82.6 Å². The second kappa shape index (κ2) is 14.0. The molecule has 0 spiro atoms. The van der Waals surface area contributed by atoms with Crippen molar-refractivity contribution in [3.8, 4) is 0 Å². The molecule has 0 saturated carbocycles. The highest BCUT2D eigenvalue weighted by atomic mass is 35.5. The lowest BCUT2D eigenvalue weighted by Crippen LogP contribution is -2.54. The van der Waals surface area contributed by atoms with E-state index in [9.17, 15) is 28.1 Å². The Hall–Kier alpha value is -3.11. The van der Waals surface area contributed by atoms with Crippen molar-refractivity contribution in [1.29, 1.82) is 0 Å². The van der Waals surface area contributed by atoms with E-state index in [4.69, 9.17) is 21.1 Å². The summed E-state index contributed by atoms with van der Waals surface area (Å²) in [5.41, 5.74) is -1.15. The van der Waals surface area contributed by atoms with Crippen LogP contribution in [0.15, 0.2) is 65.9 Å². The number of alkyl halides is 4. The van der Waals surface area contributed by atoms with Crippen molar-refractivity contribution in [2.24, 2.45) is 0 Å². The minimum atomic E-state index is -5.16. The van der Waals surface area contributed by atoms with Gasteiger partial charge < -0.3 is 19.6 Å². The molecule has 0 bridgehead atoms. The summed E-state index contributed by atoms with van der Waals surface area (Å²) in [6.07, 6.45) is 1.33. The molecular weight excluding hydrogens is 549 g/mol. The number of ether oxygens (including phenoxy) is 2. The molecule has 0 radical (unpaired) electrons. The second-order valence-corrected chi connectivity index (χ2v) is 11.0. The zero-order chi connectivity index (χ0) is 30.1. The molecule has 11 heteroatoms. The van der Waals surface area contributed by atoms with E-state index in [1.807, 2.05) is 26.8 Å². The molecule has 0 aliphatic heterocycles. The van der Waals surface area contributed by atoms with Crippen molar-refractivity contribution in [1.82, 2.24) is 4.98 Å². The fraction of sp³-hybridized carbons (Fsp3) is 0.483. The Morgan fingerprint density at radius 2 is 1.80 bits per heavy atom. The van der Waals surface area contributed by atoms with Gasteiger partial charge in [0.1, 0.15) is 6.10 Å². The molecule has 7 nitrogen and oxygen atoms in total. The van der Waals surface area contributed by atoms with Crippen molar-refractivity contribution in [2.75, 3.05) is 7.11 Å². The summed E-state index contributed by atoms with van der Waals surface area (Å²) in [5, 5.41) is 11.1. The van der Waals surface area contributed by atoms with Crippen molar-refractivity contribution >= 4 is 23.4 Å². The lowest BCUT2D eigenvalue weighted by atomic mass is 9.90. The van der Waals surface area contributed by atoms with Crippen molar-refractivity contribution in [3.63, 3.8) is 0 Å². The van der Waals surface area contributed by atoms with E-state index < -0.39 is 39.2 Å². The number of H-pyrrole nitrogens is 1. The van der Waals surface area contributed by atoms with Crippen LogP contribution in [-0.2, 0) is 26.3 Å². The number of rotatable bonds is 14. The SMILES string of the molecule is CO[C@](C(=O)O[C@H](Cc1c[nH]c([N+](=O)[O-])c1)[C@](C)(Cl)CC/C=C(\C)CCC=C(C)C)(c1ccccc1)C(F)(F)F. The summed E-state index contributed by atoms with van der Waals surface area (Å²) in [7, 11) is 0.787. The number of methoxy groups -OCH3 is 1.